The second kappa shape index (κ2) is 5.65. The van der Waals surface area contributed by atoms with Crippen molar-refractivity contribution in [3.05, 3.63) is 47.5 Å². The number of rotatable bonds is 5. The molecule has 0 aliphatic rings. The molecule has 19 heavy (non-hydrogen) atoms. The Hall–Kier alpha value is -2.17. The highest BCUT2D eigenvalue weighted by Crippen LogP contribution is 2.20. The molecule has 0 N–H and O–H groups in total. The Bertz CT molecular complexity index is 593. The van der Waals surface area contributed by atoms with Crippen LogP contribution in [0.4, 0.5) is 4.39 Å². The van der Waals surface area contributed by atoms with Gasteiger partial charge in [-0.05, 0) is 30.7 Å². The average Bonchev–Trinajstić information content (AvgIpc) is 2.87. The van der Waals surface area contributed by atoms with Crippen molar-refractivity contribution in [3.8, 4) is 5.75 Å². The van der Waals surface area contributed by atoms with E-state index < -0.39 is 5.82 Å². The van der Waals surface area contributed by atoms with Gasteiger partial charge in [0.05, 0.1) is 7.11 Å². The summed E-state index contributed by atoms with van der Waals surface area (Å²) in [5.74, 6) is -0.613. The van der Waals surface area contributed by atoms with E-state index in [2.05, 4.69) is 5.10 Å². The number of aromatic nitrogens is 2. The average molecular weight is 262 g/mol. The number of nitrogens with zero attached hydrogens (tertiary/aromatic N) is 2. The van der Waals surface area contributed by atoms with E-state index in [0.29, 0.717) is 17.8 Å². The van der Waals surface area contributed by atoms with Crippen molar-refractivity contribution in [2.75, 3.05) is 7.11 Å². The molecule has 0 saturated heterocycles. The normalized spacial score (nSPS) is 10.5. The molecular formula is C14H15FN2O2. The molecule has 1 aromatic carbocycles. The van der Waals surface area contributed by atoms with E-state index in [1.54, 1.807) is 16.9 Å². The molecule has 0 atom stereocenters. The lowest BCUT2D eigenvalue weighted by atomic mass is 10.1. The summed E-state index contributed by atoms with van der Waals surface area (Å²) < 4.78 is 19.9. The fourth-order valence-electron chi connectivity index (χ4n) is 1.86. The Balaban J connectivity index is 2.36. The van der Waals surface area contributed by atoms with Crippen molar-refractivity contribution in [3.63, 3.8) is 0 Å². The summed E-state index contributed by atoms with van der Waals surface area (Å²) in [5.41, 5.74) is 0.881. The Morgan fingerprint density at radius 3 is 2.89 bits per heavy atom. The van der Waals surface area contributed by atoms with E-state index in [9.17, 15) is 9.18 Å². The summed E-state index contributed by atoms with van der Waals surface area (Å²) >= 11 is 0. The van der Waals surface area contributed by atoms with Gasteiger partial charge >= 0.3 is 0 Å². The van der Waals surface area contributed by atoms with Gasteiger partial charge in [0.25, 0.3) is 0 Å². The van der Waals surface area contributed by atoms with E-state index in [0.717, 1.165) is 6.42 Å². The lowest BCUT2D eigenvalue weighted by Crippen LogP contribution is -2.11. The van der Waals surface area contributed by atoms with Gasteiger partial charge in [-0.1, -0.05) is 6.92 Å². The van der Waals surface area contributed by atoms with Crippen LogP contribution in [0.25, 0.3) is 0 Å². The molecule has 0 unspecified atom stereocenters. The molecule has 1 aromatic heterocycles. The molecule has 0 radical (unpaired) electrons. The highest BCUT2D eigenvalue weighted by molar-refractivity contribution is 6.08. The second-order valence-corrected chi connectivity index (χ2v) is 4.12. The molecule has 5 heteroatoms. The fraction of sp³-hybridized carbons (Fsp3) is 0.286. The Morgan fingerprint density at radius 1 is 1.42 bits per heavy atom. The topological polar surface area (TPSA) is 44.1 Å². The van der Waals surface area contributed by atoms with Gasteiger partial charge in [-0.2, -0.15) is 5.10 Å². The zero-order valence-corrected chi connectivity index (χ0v) is 10.9. The van der Waals surface area contributed by atoms with Crippen LogP contribution in [0.5, 0.6) is 5.75 Å². The molecule has 2 rings (SSSR count). The monoisotopic (exact) mass is 262 g/mol. The third-order valence-corrected chi connectivity index (χ3v) is 2.80. The predicted octanol–water partition coefficient (Wildman–Crippen LogP) is 2.67. The van der Waals surface area contributed by atoms with Gasteiger partial charge in [-0.25, -0.2) is 4.39 Å². The number of carbonyl (C=O) groups excluding carboxylic acids is 1. The van der Waals surface area contributed by atoms with Gasteiger partial charge in [0.1, 0.15) is 5.69 Å². The summed E-state index contributed by atoms with van der Waals surface area (Å²) in [7, 11) is 1.37. The minimum Gasteiger partial charge on any atom is -0.494 e. The van der Waals surface area contributed by atoms with Crippen LogP contribution in [-0.4, -0.2) is 22.7 Å². The maximum Gasteiger partial charge on any atom is 0.211 e. The van der Waals surface area contributed by atoms with Crippen LogP contribution >= 0.6 is 0 Å². The zero-order valence-electron chi connectivity index (χ0n) is 10.9. The van der Waals surface area contributed by atoms with Gasteiger partial charge in [0, 0.05) is 18.3 Å². The number of hydrogen-bond donors (Lipinski definition) is 0. The fourth-order valence-corrected chi connectivity index (χ4v) is 1.86. The van der Waals surface area contributed by atoms with Crippen molar-refractivity contribution in [1.29, 1.82) is 0 Å². The third kappa shape index (κ3) is 2.65. The van der Waals surface area contributed by atoms with Crippen molar-refractivity contribution in [2.45, 2.75) is 19.9 Å². The number of hydrogen-bond acceptors (Lipinski definition) is 3. The number of carbonyl (C=O) groups is 1. The molecule has 100 valence electrons. The van der Waals surface area contributed by atoms with Gasteiger partial charge in [-0.15, -0.1) is 0 Å². The van der Waals surface area contributed by atoms with E-state index in [4.69, 9.17) is 4.74 Å². The molecular weight excluding hydrogens is 247 g/mol. The van der Waals surface area contributed by atoms with Gasteiger partial charge in [0.2, 0.25) is 5.78 Å². The lowest BCUT2D eigenvalue weighted by molar-refractivity contribution is 0.102. The largest absolute Gasteiger partial charge is 0.494 e. The zero-order chi connectivity index (χ0) is 13.8. The van der Waals surface area contributed by atoms with Gasteiger partial charge < -0.3 is 4.74 Å². The van der Waals surface area contributed by atoms with Gasteiger partial charge in [-0.3, -0.25) is 9.48 Å². The van der Waals surface area contributed by atoms with Crippen molar-refractivity contribution < 1.29 is 13.9 Å². The molecule has 0 spiro atoms. The minimum atomic E-state index is -0.485. The van der Waals surface area contributed by atoms with Crippen LogP contribution < -0.4 is 4.74 Å². The summed E-state index contributed by atoms with van der Waals surface area (Å²) in [6.07, 6.45) is 2.47. The first-order chi connectivity index (χ1) is 9.17. The summed E-state index contributed by atoms with van der Waals surface area (Å²) in [5, 5.41) is 4.10. The van der Waals surface area contributed by atoms with E-state index in [1.807, 2.05) is 6.92 Å². The Morgan fingerprint density at radius 2 is 2.21 bits per heavy atom. The quantitative estimate of drug-likeness (QED) is 0.778. The molecule has 0 aliphatic carbocycles. The number of benzene rings is 1. The number of ketones is 1. The SMILES string of the molecule is CCCn1nccc1C(=O)c1ccc(F)c(OC)c1. The Labute approximate surface area is 110 Å². The molecule has 0 saturated carbocycles. The third-order valence-electron chi connectivity index (χ3n) is 2.80. The predicted molar refractivity (Wildman–Crippen MR) is 68.9 cm³/mol. The van der Waals surface area contributed by atoms with E-state index in [-0.39, 0.29) is 11.5 Å². The summed E-state index contributed by atoms with van der Waals surface area (Å²) in [4.78, 5) is 12.3. The lowest BCUT2D eigenvalue weighted by Gasteiger charge is -2.07. The number of methoxy groups -OCH3 is 1. The first-order valence-electron chi connectivity index (χ1n) is 6.07. The van der Waals surface area contributed by atoms with Crippen LogP contribution in [0.3, 0.4) is 0 Å². The summed E-state index contributed by atoms with van der Waals surface area (Å²) in [6, 6.07) is 5.74. The molecule has 0 fully saturated rings. The van der Waals surface area contributed by atoms with E-state index >= 15 is 0 Å². The molecule has 4 nitrogen and oxygen atoms in total. The summed E-state index contributed by atoms with van der Waals surface area (Å²) in [6.45, 7) is 2.68. The van der Waals surface area contributed by atoms with Crippen LogP contribution in [0, 0.1) is 5.82 Å². The minimum absolute atomic E-state index is 0.0624. The maximum atomic E-state index is 13.3. The first-order valence-corrected chi connectivity index (χ1v) is 6.07. The van der Waals surface area contributed by atoms with E-state index in [1.165, 1.54) is 25.3 Å². The highest BCUT2D eigenvalue weighted by atomic mass is 19.1. The van der Waals surface area contributed by atoms with Crippen molar-refractivity contribution in [1.82, 2.24) is 9.78 Å². The number of halogens is 1. The molecule has 0 bridgehead atoms. The van der Waals surface area contributed by atoms with Crippen molar-refractivity contribution in [2.24, 2.45) is 0 Å². The van der Waals surface area contributed by atoms with Crippen LogP contribution in [-0.2, 0) is 6.54 Å². The van der Waals surface area contributed by atoms with Crippen LogP contribution in [0.1, 0.15) is 29.4 Å². The van der Waals surface area contributed by atoms with Gasteiger partial charge in [0.15, 0.2) is 11.6 Å². The first kappa shape index (κ1) is 13.3. The molecule has 1 heterocycles. The second-order valence-electron chi connectivity index (χ2n) is 4.12. The maximum absolute atomic E-state index is 13.3. The van der Waals surface area contributed by atoms with Crippen LogP contribution in [0.2, 0.25) is 0 Å². The van der Waals surface area contributed by atoms with Crippen LogP contribution in [0.15, 0.2) is 30.5 Å². The highest BCUT2D eigenvalue weighted by Gasteiger charge is 2.16. The smallest absolute Gasteiger partial charge is 0.211 e. The Kier molecular flexibility index (Phi) is 3.94. The molecule has 0 aliphatic heterocycles. The number of ether oxygens (including phenoxy) is 1. The standard InChI is InChI=1S/C14H15FN2O2/c1-3-8-17-12(6-7-16-17)14(18)10-4-5-11(15)13(9-10)19-2/h4-7,9H,3,8H2,1-2H3. The molecule has 2 aromatic rings. The molecule has 0 amide bonds. The number of aryl methyl sites for hydroxylation is 1. The van der Waals surface area contributed by atoms with Crippen molar-refractivity contribution >= 4 is 5.78 Å².